The van der Waals surface area contributed by atoms with Crippen molar-refractivity contribution >= 4 is 27.3 Å². The predicted molar refractivity (Wildman–Crippen MR) is 141 cm³/mol. The average Bonchev–Trinajstić information content (AvgIpc) is 3.25. The third kappa shape index (κ3) is 7.73. The summed E-state index contributed by atoms with van der Waals surface area (Å²) >= 11 is 1.61. The van der Waals surface area contributed by atoms with Gasteiger partial charge in [-0.15, -0.1) is 11.3 Å². The quantitative estimate of drug-likeness (QED) is 0.301. The van der Waals surface area contributed by atoms with Crippen LogP contribution in [0, 0.1) is 13.8 Å². The molecule has 0 fully saturated rings. The maximum atomic E-state index is 13.6. The van der Waals surface area contributed by atoms with E-state index in [9.17, 15) is 13.2 Å². The topological polar surface area (TPSA) is 66.9 Å². The Bertz CT molecular complexity index is 1180. The van der Waals surface area contributed by atoms with Crippen molar-refractivity contribution in [2.45, 2.75) is 45.2 Å². The fourth-order valence-corrected chi connectivity index (χ4v) is 6.01. The lowest BCUT2D eigenvalue weighted by atomic mass is 10.2. The third-order valence-corrected chi connectivity index (χ3v) is 8.61. The molecular formula is C27H34N2O4S2. The van der Waals surface area contributed by atoms with Crippen LogP contribution in [0.4, 0.5) is 0 Å². The Kier molecular flexibility index (Phi) is 10.0. The minimum absolute atomic E-state index is 0.191. The van der Waals surface area contributed by atoms with E-state index in [1.54, 1.807) is 40.5 Å². The van der Waals surface area contributed by atoms with Gasteiger partial charge < -0.3 is 9.64 Å². The van der Waals surface area contributed by atoms with Gasteiger partial charge in [0.2, 0.25) is 15.9 Å². The highest BCUT2D eigenvalue weighted by atomic mass is 32.2. The highest BCUT2D eigenvalue weighted by Gasteiger charge is 2.28. The summed E-state index contributed by atoms with van der Waals surface area (Å²) in [5.74, 6) is -0.228. The number of rotatable bonds is 13. The Labute approximate surface area is 213 Å². The molecule has 0 saturated carbocycles. The lowest BCUT2D eigenvalue weighted by Crippen LogP contribution is -2.43. The lowest BCUT2D eigenvalue weighted by Gasteiger charge is -2.27. The summed E-state index contributed by atoms with van der Waals surface area (Å²) in [4.78, 5) is 16.6. The molecule has 0 unspecified atom stereocenters. The lowest BCUT2D eigenvalue weighted by molar-refractivity contribution is -0.132. The van der Waals surface area contributed by atoms with Crippen LogP contribution in [0.15, 0.2) is 70.9 Å². The van der Waals surface area contributed by atoms with Gasteiger partial charge in [0.1, 0.15) is 0 Å². The second kappa shape index (κ2) is 13.0. The molecule has 0 saturated heterocycles. The number of ether oxygens (including phenoxy) is 1. The molecule has 0 bridgehead atoms. The van der Waals surface area contributed by atoms with Crippen molar-refractivity contribution in [3.8, 4) is 0 Å². The summed E-state index contributed by atoms with van der Waals surface area (Å²) < 4.78 is 33.7. The molecular weight excluding hydrogens is 480 g/mol. The monoisotopic (exact) mass is 514 g/mol. The van der Waals surface area contributed by atoms with Crippen LogP contribution in [0.25, 0.3) is 0 Å². The zero-order valence-corrected chi connectivity index (χ0v) is 22.3. The fraction of sp³-hybridized carbons (Fsp3) is 0.370. The van der Waals surface area contributed by atoms with Crippen LogP contribution in [0.2, 0.25) is 0 Å². The van der Waals surface area contributed by atoms with Crippen LogP contribution >= 0.6 is 11.3 Å². The van der Waals surface area contributed by atoms with Gasteiger partial charge in [-0.3, -0.25) is 4.79 Å². The fourth-order valence-electron chi connectivity index (χ4n) is 3.66. The van der Waals surface area contributed by atoms with Gasteiger partial charge in [-0.05, 0) is 61.9 Å². The van der Waals surface area contributed by atoms with E-state index in [1.165, 1.54) is 4.31 Å². The SMILES string of the molecule is CCOCCCN(CC(=O)N(Cc1ccccc1)Cc1sccc1C)S(=O)(=O)c1ccc(C)cc1. The third-order valence-electron chi connectivity index (χ3n) is 5.74. The first-order valence-electron chi connectivity index (χ1n) is 11.8. The van der Waals surface area contributed by atoms with Crippen LogP contribution in [-0.4, -0.2) is 49.8 Å². The molecule has 1 amide bonds. The highest BCUT2D eigenvalue weighted by Crippen LogP contribution is 2.21. The molecule has 1 aromatic heterocycles. The largest absolute Gasteiger partial charge is 0.382 e. The number of hydrogen-bond acceptors (Lipinski definition) is 5. The number of nitrogens with zero attached hydrogens (tertiary/aromatic N) is 2. The van der Waals surface area contributed by atoms with E-state index in [-0.39, 0.29) is 23.9 Å². The minimum Gasteiger partial charge on any atom is -0.382 e. The van der Waals surface area contributed by atoms with Gasteiger partial charge in [0, 0.05) is 31.2 Å². The molecule has 3 rings (SSSR count). The number of hydrogen-bond donors (Lipinski definition) is 0. The van der Waals surface area contributed by atoms with E-state index in [2.05, 4.69) is 0 Å². The van der Waals surface area contributed by atoms with Crippen molar-refractivity contribution in [1.29, 1.82) is 0 Å². The molecule has 2 aromatic carbocycles. The molecule has 35 heavy (non-hydrogen) atoms. The van der Waals surface area contributed by atoms with Crippen molar-refractivity contribution in [2.75, 3.05) is 26.3 Å². The minimum atomic E-state index is -3.84. The molecule has 3 aromatic rings. The Morgan fingerprint density at radius 3 is 2.31 bits per heavy atom. The normalized spacial score (nSPS) is 11.7. The van der Waals surface area contributed by atoms with E-state index in [1.807, 2.05) is 62.5 Å². The van der Waals surface area contributed by atoms with Crippen molar-refractivity contribution in [3.05, 3.63) is 87.6 Å². The molecule has 188 valence electrons. The van der Waals surface area contributed by atoms with E-state index in [0.717, 1.165) is 21.6 Å². The summed E-state index contributed by atoms with van der Waals surface area (Å²) in [7, 11) is -3.84. The molecule has 0 spiro atoms. The molecule has 0 aliphatic heterocycles. The van der Waals surface area contributed by atoms with Crippen molar-refractivity contribution in [3.63, 3.8) is 0 Å². The molecule has 0 aliphatic carbocycles. The number of amides is 1. The van der Waals surface area contributed by atoms with Gasteiger partial charge in [0.15, 0.2) is 0 Å². The van der Waals surface area contributed by atoms with E-state index in [4.69, 9.17) is 4.74 Å². The summed E-state index contributed by atoms with van der Waals surface area (Å²) in [5.41, 5.74) is 3.10. The standard InChI is InChI=1S/C27H34N2O4S2/c1-4-33-17-8-16-29(35(31,32)25-13-11-22(2)12-14-25)21-27(30)28(19-24-9-6-5-7-10-24)20-26-23(3)15-18-34-26/h5-7,9-15,18H,4,8,16-17,19-21H2,1-3H3. The summed E-state index contributed by atoms with van der Waals surface area (Å²) in [5, 5.41) is 2.01. The van der Waals surface area contributed by atoms with Gasteiger partial charge >= 0.3 is 0 Å². The summed E-state index contributed by atoms with van der Waals surface area (Å²) in [6.07, 6.45) is 0.509. The number of sulfonamides is 1. The van der Waals surface area contributed by atoms with Crippen LogP contribution in [-0.2, 0) is 32.6 Å². The molecule has 0 atom stereocenters. The molecule has 0 N–H and O–H groups in total. The van der Waals surface area contributed by atoms with Gasteiger partial charge in [-0.1, -0.05) is 48.0 Å². The van der Waals surface area contributed by atoms with Crippen molar-refractivity contribution < 1.29 is 17.9 Å². The zero-order valence-electron chi connectivity index (χ0n) is 20.6. The smallest absolute Gasteiger partial charge is 0.243 e. The first-order valence-corrected chi connectivity index (χ1v) is 14.1. The van der Waals surface area contributed by atoms with E-state index < -0.39 is 10.0 Å². The molecule has 0 aliphatic rings. The van der Waals surface area contributed by atoms with Crippen LogP contribution < -0.4 is 0 Å². The number of aryl methyl sites for hydroxylation is 2. The molecule has 8 heteroatoms. The van der Waals surface area contributed by atoms with Crippen molar-refractivity contribution in [1.82, 2.24) is 9.21 Å². The number of carbonyl (C=O) groups is 1. The average molecular weight is 515 g/mol. The van der Waals surface area contributed by atoms with Crippen LogP contribution in [0.5, 0.6) is 0 Å². The Hall–Kier alpha value is -2.52. The first kappa shape index (κ1) is 27.1. The van der Waals surface area contributed by atoms with Gasteiger partial charge in [0.25, 0.3) is 0 Å². The Morgan fingerprint density at radius 1 is 0.971 bits per heavy atom. The highest BCUT2D eigenvalue weighted by molar-refractivity contribution is 7.89. The van der Waals surface area contributed by atoms with Crippen molar-refractivity contribution in [2.24, 2.45) is 0 Å². The predicted octanol–water partition coefficient (Wildman–Crippen LogP) is 5.01. The van der Waals surface area contributed by atoms with Gasteiger partial charge in [-0.25, -0.2) is 8.42 Å². The molecule has 0 radical (unpaired) electrons. The maximum Gasteiger partial charge on any atom is 0.243 e. The second-order valence-electron chi connectivity index (χ2n) is 8.46. The maximum absolute atomic E-state index is 13.6. The zero-order chi connectivity index (χ0) is 25.3. The number of thiophene rings is 1. The van der Waals surface area contributed by atoms with Crippen LogP contribution in [0.1, 0.15) is 34.9 Å². The Balaban J connectivity index is 1.85. The van der Waals surface area contributed by atoms with Gasteiger partial charge in [0.05, 0.1) is 18.0 Å². The Morgan fingerprint density at radius 2 is 1.69 bits per heavy atom. The number of carbonyl (C=O) groups excluding carboxylic acids is 1. The summed E-state index contributed by atoms with van der Waals surface area (Å²) in [6.45, 7) is 7.67. The van der Waals surface area contributed by atoms with Gasteiger partial charge in [-0.2, -0.15) is 4.31 Å². The number of benzene rings is 2. The van der Waals surface area contributed by atoms with Crippen LogP contribution in [0.3, 0.4) is 0 Å². The second-order valence-corrected chi connectivity index (χ2v) is 11.4. The van der Waals surface area contributed by atoms with E-state index in [0.29, 0.717) is 32.7 Å². The first-order chi connectivity index (χ1) is 16.8. The molecule has 1 heterocycles. The molecule has 6 nitrogen and oxygen atoms in total. The van der Waals surface area contributed by atoms with E-state index >= 15 is 0 Å². The summed E-state index contributed by atoms with van der Waals surface area (Å²) in [6, 6.07) is 18.5.